The van der Waals surface area contributed by atoms with Gasteiger partial charge in [-0.15, -0.1) is 0 Å². The molecule has 0 saturated heterocycles. The van der Waals surface area contributed by atoms with Gasteiger partial charge >= 0.3 is 0 Å². The SMILES string of the molecule is CCCn1c(C)c(C)c2ccnc(NCc3ccc(Cl)cc3)c21. The standard InChI is InChI=1S/C19H22ClN3/c1-4-11-23-14(3)13(2)17-9-10-21-19(18(17)23)22-12-15-5-7-16(20)8-6-15/h5-10H,4,11-12H2,1-3H3,(H,21,22). The van der Waals surface area contributed by atoms with Crippen LogP contribution in [0.3, 0.4) is 0 Å². The van der Waals surface area contributed by atoms with E-state index in [0.717, 1.165) is 30.4 Å². The largest absolute Gasteiger partial charge is 0.364 e. The van der Waals surface area contributed by atoms with Crippen molar-refractivity contribution < 1.29 is 0 Å². The van der Waals surface area contributed by atoms with Gasteiger partial charge < -0.3 is 9.88 Å². The molecule has 23 heavy (non-hydrogen) atoms. The van der Waals surface area contributed by atoms with Gasteiger partial charge in [0.2, 0.25) is 0 Å². The average Bonchev–Trinajstić information content (AvgIpc) is 2.80. The Hall–Kier alpha value is -2.00. The van der Waals surface area contributed by atoms with Crippen molar-refractivity contribution in [3.63, 3.8) is 0 Å². The molecule has 0 aliphatic heterocycles. The van der Waals surface area contributed by atoms with Crippen LogP contribution in [0.25, 0.3) is 10.9 Å². The smallest absolute Gasteiger partial charge is 0.150 e. The maximum absolute atomic E-state index is 5.95. The van der Waals surface area contributed by atoms with E-state index in [0.29, 0.717) is 0 Å². The van der Waals surface area contributed by atoms with Crippen molar-refractivity contribution >= 4 is 28.3 Å². The van der Waals surface area contributed by atoms with Crippen LogP contribution in [0, 0.1) is 13.8 Å². The zero-order valence-electron chi connectivity index (χ0n) is 13.9. The number of nitrogens with one attached hydrogen (secondary N) is 1. The van der Waals surface area contributed by atoms with Gasteiger partial charge in [0.25, 0.3) is 0 Å². The molecule has 4 heteroatoms. The second kappa shape index (κ2) is 6.63. The molecule has 3 rings (SSSR count). The first-order valence-electron chi connectivity index (χ1n) is 8.04. The van der Waals surface area contributed by atoms with E-state index in [4.69, 9.17) is 11.6 Å². The number of benzene rings is 1. The van der Waals surface area contributed by atoms with Crippen LogP contribution in [0.5, 0.6) is 0 Å². The summed E-state index contributed by atoms with van der Waals surface area (Å²) in [5.74, 6) is 0.946. The lowest BCUT2D eigenvalue weighted by atomic mass is 10.2. The molecule has 3 aromatic rings. The van der Waals surface area contributed by atoms with Gasteiger partial charge in [-0.25, -0.2) is 4.98 Å². The molecule has 0 aliphatic carbocycles. The minimum atomic E-state index is 0.735. The number of rotatable bonds is 5. The van der Waals surface area contributed by atoms with Crippen molar-refractivity contribution in [2.45, 2.75) is 40.3 Å². The van der Waals surface area contributed by atoms with E-state index in [9.17, 15) is 0 Å². The molecule has 0 atom stereocenters. The third kappa shape index (κ3) is 3.06. The Kier molecular flexibility index (Phi) is 4.58. The summed E-state index contributed by atoms with van der Waals surface area (Å²) in [5, 5.41) is 5.53. The van der Waals surface area contributed by atoms with Gasteiger partial charge in [0.05, 0.1) is 5.52 Å². The van der Waals surface area contributed by atoms with Crippen molar-refractivity contribution in [1.29, 1.82) is 0 Å². The number of fused-ring (bicyclic) bond motifs is 1. The van der Waals surface area contributed by atoms with E-state index >= 15 is 0 Å². The molecule has 1 aromatic carbocycles. The molecule has 0 aliphatic rings. The molecular formula is C19H22ClN3. The molecule has 2 aromatic heterocycles. The van der Waals surface area contributed by atoms with Gasteiger partial charge in [-0.05, 0) is 49.6 Å². The van der Waals surface area contributed by atoms with Crippen LogP contribution in [0.4, 0.5) is 5.82 Å². The zero-order chi connectivity index (χ0) is 16.4. The minimum absolute atomic E-state index is 0.735. The Morgan fingerprint density at radius 3 is 2.57 bits per heavy atom. The topological polar surface area (TPSA) is 29.9 Å². The van der Waals surface area contributed by atoms with Gasteiger partial charge in [-0.2, -0.15) is 0 Å². The molecule has 0 spiro atoms. The van der Waals surface area contributed by atoms with E-state index in [1.54, 1.807) is 0 Å². The second-order valence-electron chi connectivity index (χ2n) is 5.90. The van der Waals surface area contributed by atoms with E-state index in [1.807, 2.05) is 30.5 Å². The number of aromatic nitrogens is 2. The van der Waals surface area contributed by atoms with Gasteiger partial charge in [-0.1, -0.05) is 30.7 Å². The Morgan fingerprint density at radius 2 is 1.87 bits per heavy atom. The number of anilines is 1. The molecule has 120 valence electrons. The van der Waals surface area contributed by atoms with Crippen molar-refractivity contribution in [2.24, 2.45) is 0 Å². The van der Waals surface area contributed by atoms with Gasteiger partial charge in [0.1, 0.15) is 0 Å². The lowest BCUT2D eigenvalue weighted by molar-refractivity contribution is 0.683. The number of aryl methyl sites for hydroxylation is 2. The van der Waals surface area contributed by atoms with Crippen LogP contribution in [-0.2, 0) is 13.1 Å². The Balaban J connectivity index is 1.97. The predicted molar refractivity (Wildman–Crippen MR) is 98.3 cm³/mol. The normalized spacial score (nSPS) is 11.1. The summed E-state index contributed by atoms with van der Waals surface area (Å²) in [6, 6.07) is 10.0. The molecular weight excluding hydrogens is 306 g/mol. The first-order valence-corrected chi connectivity index (χ1v) is 8.42. The average molecular weight is 328 g/mol. The van der Waals surface area contributed by atoms with Crippen LogP contribution in [0.1, 0.15) is 30.2 Å². The summed E-state index contributed by atoms with van der Waals surface area (Å²) in [5.41, 5.74) is 5.06. The van der Waals surface area contributed by atoms with Crippen LogP contribution >= 0.6 is 11.6 Å². The second-order valence-corrected chi connectivity index (χ2v) is 6.33. The summed E-state index contributed by atoms with van der Waals surface area (Å²) < 4.78 is 2.38. The van der Waals surface area contributed by atoms with Crippen molar-refractivity contribution in [3.05, 3.63) is 58.4 Å². The van der Waals surface area contributed by atoms with Gasteiger partial charge in [0, 0.05) is 35.4 Å². The fraction of sp³-hybridized carbons (Fsp3) is 0.316. The van der Waals surface area contributed by atoms with Crippen molar-refractivity contribution in [3.8, 4) is 0 Å². The summed E-state index contributed by atoms with van der Waals surface area (Å²) in [7, 11) is 0. The fourth-order valence-electron chi connectivity index (χ4n) is 3.02. The monoisotopic (exact) mass is 327 g/mol. The lowest BCUT2D eigenvalue weighted by Crippen LogP contribution is -2.05. The highest BCUT2D eigenvalue weighted by Crippen LogP contribution is 2.30. The molecule has 0 saturated carbocycles. The number of pyridine rings is 1. The lowest BCUT2D eigenvalue weighted by Gasteiger charge is -2.11. The first kappa shape index (κ1) is 15.9. The quantitative estimate of drug-likeness (QED) is 0.686. The molecule has 2 heterocycles. The molecule has 0 amide bonds. The van der Waals surface area contributed by atoms with E-state index in [1.165, 1.54) is 27.7 Å². The number of hydrogen-bond donors (Lipinski definition) is 1. The van der Waals surface area contributed by atoms with E-state index in [-0.39, 0.29) is 0 Å². The highest BCUT2D eigenvalue weighted by atomic mass is 35.5. The molecule has 0 unspecified atom stereocenters. The number of halogens is 1. The molecule has 0 bridgehead atoms. The van der Waals surface area contributed by atoms with Crippen LogP contribution in [-0.4, -0.2) is 9.55 Å². The molecule has 0 fully saturated rings. The van der Waals surface area contributed by atoms with Gasteiger partial charge in [-0.3, -0.25) is 0 Å². The molecule has 1 N–H and O–H groups in total. The summed E-state index contributed by atoms with van der Waals surface area (Å²) in [4.78, 5) is 4.58. The molecule has 3 nitrogen and oxygen atoms in total. The maximum Gasteiger partial charge on any atom is 0.150 e. The Morgan fingerprint density at radius 1 is 1.13 bits per heavy atom. The van der Waals surface area contributed by atoms with Crippen molar-refractivity contribution in [2.75, 3.05) is 5.32 Å². The summed E-state index contributed by atoms with van der Waals surface area (Å²) >= 11 is 5.95. The Labute approximate surface area is 142 Å². The van der Waals surface area contributed by atoms with Crippen LogP contribution in [0.15, 0.2) is 36.5 Å². The van der Waals surface area contributed by atoms with Gasteiger partial charge in [0.15, 0.2) is 5.82 Å². The first-order chi connectivity index (χ1) is 11.1. The molecule has 0 radical (unpaired) electrons. The minimum Gasteiger partial charge on any atom is -0.364 e. The Bertz CT molecular complexity index is 819. The van der Waals surface area contributed by atoms with E-state index in [2.05, 4.69) is 41.7 Å². The third-order valence-electron chi connectivity index (χ3n) is 4.37. The number of hydrogen-bond acceptors (Lipinski definition) is 2. The van der Waals surface area contributed by atoms with E-state index < -0.39 is 0 Å². The maximum atomic E-state index is 5.95. The van der Waals surface area contributed by atoms with Crippen LogP contribution < -0.4 is 5.32 Å². The fourth-order valence-corrected chi connectivity index (χ4v) is 3.14. The summed E-state index contributed by atoms with van der Waals surface area (Å²) in [6.45, 7) is 8.33. The third-order valence-corrected chi connectivity index (χ3v) is 4.62. The highest BCUT2D eigenvalue weighted by Gasteiger charge is 2.14. The zero-order valence-corrected chi connectivity index (χ0v) is 14.6. The number of nitrogens with zero attached hydrogens (tertiary/aromatic N) is 2. The highest BCUT2D eigenvalue weighted by molar-refractivity contribution is 6.30. The van der Waals surface area contributed by atoms with Crippen LogP contribution in [0.2, 0.25) is 5.02 Å². The van der Waals surface area contributed by atoms with Crippen molar-refractivity contribution in [1.82, 2.24) is 9.55 Å². The summed E-state index contributed by atoms with van der Waals surface area (Å²) in [6.07, 6.45) is 2.99. The predicted octanol–water partition coefficient (Wildman–Crippen LogP) is 5.33.